The lowest BCUT2D eigenvalue weighted by Crippen LogP contribution is -2.30. The smallest absolute Gasteiger partial charge is 0.0373 e. The van der Waals surface area contributed by atoms with Crippen molar-refractivity contribution in [3.63, 3.8) is 0 Å². The zero-order chi connectivity index (χ0) is 11.5. The van der Waals surface area contributed by atoms with E-state index in [-0.39, 0.29) is 0 Å². The molecule has 0 radical (unpaired) electrons. The Balaban J connectivity index is 2.34. The first-order chi connectivity index (χ1) is 7.78. The lowest BCUT2D eigenvalue weighted by Gasteiger charge is -2.28. The van der Waals surface area contributed by atoms with Gasteiger partial charge in [-0.25, -0.2) is 0 Å². The quantitative estimate of drug-likeness (QED) is 0.839. The van der Waals surface area contributed by atoms with Gasteiger partial charge in [-0.3, -0.25) is 4.90 Å². The Morgan fingerprint density at radius 3 is 2.69 bits per heavy atom. The number of likely N-dealkylation sites (N-methyl/N-ethyl adjacent to an activating group) is 1. The number of rotatable bonds is 3. The highest BCUT2D eigenvalue weighted by molar-refractivity contribution is 5.56. The number of hydrogen-bond donors (Lipinski definition) is 1. The van der Waals surface area contributed by atoms with Crippen LogP contribution < -0.4 is 5.32 Å². The van der Waals surface area contributed by atoms with Gasteiger partial charge in [0.2, 0.25) is 0 Å². The number of anilines is 1. The molecule has 2 rings (SSSR count). The summed E-state index contributed by atoms with van der Waals surface area (Å²) in [7, 11) is 2.02. The summed E-state index contributed by atoms with van der Waals surface area (Å²) < 4.78 is 0. The first kappa shape index (κ1) is 11.5. The normalized spacial score (nSPS) is 15.9. The molecule has 0 amide bonds. The first-order valence-corrected chi connectivity index (χ1v) is 6.33. The molecular formula is C14H22N2. The van der Waals surface area contributed by atoms with Crippen LogP contribution in [0.1, 0.15) is 30.5 Å². The SMILES string of the molecule is CCc1cc2c(cc1NC)CN(CC)CC2. The van der Waals surface area contributed by atoms with Gasteiger partial charge < -0.3 is 5.32 Å². The van der Waals surface area contributed by atoms with E-state index >= 15 is 0 Å². The zero-order valence-corrected chi connectivity index (χ0v) is 10.6. The third-order valence-corrected chi connectivity index (χ3v) is 3.61. The summed E-state index contributed by atoms with van der Waals surface area (Å²) in [5.74, 6) is 0. The van der Waals surface area contributed by atoms with E-state index in [4.69, 9.17) is 0 Å². The van der Waals surface area contributed by atoms with E-state index < -0.39 is 0 Å². The molecule has 0 aromatic heterocycles. The minimum absolute atomic E-state index is 1.11. The van der Waals surface area contributed by atoms with Crippen molar-refractivity contribution in [3.05, 3.63) is 28.8 Å². The number of nitrogens with one attached hydrogen (secondary N) is 1. The molecule has 1 N–H and O–H groups in total. The summed E-state index contributed by atoms with van der Waals surface area (Å²) in [6.45, 7) is 7.95. The van der Waals surface area contributed by atoms with Crippen LogP contribution in [0.3, 0.4) is 0 Å². The monoisotopic (exact) mass is 218 g/mol. The van der Waals surface area contributed by atoms with E-state index in [0.717, 1.165) is 19.5 Å². The Morgan fingerprint density at radius 2 is 2.06 bits per heavy atom. The molecule has 88 valence electrons. The molecule has 1 heterocycles. The van der Waals surface area contributed by atoms with Crippen molar-refractivity contribution in [2.24, 2.45) is 0 Å². The predicted octanol–water partition coefficient (Wildman–Crippen LogP) is 2.67. The number of hydrogen-bond acceptors (Lipinski definition) is 2. The minimum Gasteiger partial charge on any atom is -0.388 e. The van der Waals surface area contributed by atoms with E-state index in [0.29, 0.717) is 0 Å². The van der Waals surface area contributed by atoms with Crippen molar-refractivity contribution in [1.29, 1.82) is 0 Å². The summed E-state index contributed by atoms with van der Waals surface area (Å²) in [5, 5.41) is 3.31. The van der Waals surface area contributed by atoms with Gasteiger partial charge in [0.15, 0.2) is 0 Å². The molecular weight excluding hydrogens is 196 g/mol. The highest BCUT2D eigenvalue weighted by Gasteiger charge is 2.16. The minimum atomic E-state index is 1.11. The van der Waals surface area contributed by atoms with Crippen molar-refractivity contribution in [2.75, 3.05) is 25.5 Å². The molecule has 0 saturated carbocycles. The number of benzene rings is 1. The standard InChI is InChI=1S/C14H22N2/c1-4-11-8-12-6-7-16(5-2)10-13(12)9-14(11)15-3/h8-9,15H,4-7,10H2,1-3H3. The van der Waals surface area contributed by atoms with Crippen LogP contribution in [0.5, 0.6) is 0 Å². The van der Waals surface area contributed by atoms with Gasteiger partial charge in [0, 0.05) is 25.8 Å². The molecule has 0 aliphatic carbocycles. The van der Waals surface area contributed by atoms with Crippen LogP contribution in [0.15, 0.2) is 12.1 Å². The summed E-state index contributed by atoms with van der Waals surface area (Å²) in [6.07, 6.45) is 2.32. The first-order valence-electron chi connectivity index (χ1n) is 6.33. The second kappa shape index (κ2) is 4.88. The molecule has 16 heavy (non-hydrogen) atoms. The van der Waals surface area contributed by atoms with Gasteiger partial charge in [-0.15, -0.1) is 0 Å². The fourth-order valence-corrected chi connectivity index (χ4v) is 2.51. The average Bonchev–Trinajstić information content (AvgIpc) is 2.36. The van der Waals surface area contributed by atoms with Gasteiger partial charge >= 0.3 is 0 Å². The van der Waals surface area contributed by atoms with Crippen molar-refractivity contribution >= 4 is 5.69 Å². The third kappa shape index (κ3) is 2.07. The Morgan fingerprint density at radius 1 is 1.25 bits per heavy atom. The molecule has 1 aromatic carbocycles. The maximum Gasteiger partial charge on any atom is 0.0373 e. The van der Waals surface area contributed by atoms with Crippen LogP contribution in [-0.4, -0.2) is 25.0 Å². The van der Waals surface area contributed by atoms with Crippen molar-refractivity contribution < 1.29 is 0 Å². The van der Waals surface area contributed by atoms with Gasteiger partial charge in [-0.1, -0.05) is 19.9 Å². The molecule has 2 nitrogen and oxygen atoms in total. The van der Waals surface area contributed by atoms with Crippen LogP contribution in [0, 0.1) is 0 Å². The van der Waals surface area contributed by atoms with Crippen LogP contribution >= 0.6 is 0 Å². The number of nitrogens with zero attached hydrogens (tertiary/aromatic N) is 1. The number of fused-ring (bicyclic) bond motifs is 1. The molecule has 1 aromatic rings. The highest BCUT2D eigenvalue weighted by atomic mass is 15.1. The molecule has 0 unspecified atom stereocenters. The molecule has 2 heteroatoms. The number of aryl methyl sites for hydroxylation is 1. The van der Waals surface area contributed by atoms with Crippen LogP contribution in [0.2, 0.25) is 0 Å². The third-order valence-electron chi connectivity index (χ3n) is 3.61. The maximum absolute atomic E-state index is 3.31. The van der Waals surface area contributed by atoms with Gasteiger partial charge in [-0.2, -0.15) is 0 Å². The summed E-state index contributed by atoms with van der Waals surface area (Å²) >= 11 is 0. The van der Waals surface area contributed by atoms with Gasteiger partial charge in [-0.05, 0) is 42.1 Å². The Kier molecular flexibility index (Phi) is 3.49. The van der Waals surface area contributed by atoms with Gasteiger partial charge in [0.1, 0.15) is 0 Å². The fraction of sp³-hybridized carbons (Fsp3) is 0.571. The van der Waals surface area contributed by atoms with E-state index in [1.807, 2.05) is 7.05 Å². The van der Waals surface area contributed by atoms with E-state index in [1.165, 1.54) is 29.8 Å². The lowest BCUT2D eigenvalue weighted by molar-refractivity contribution is 0.268. The molecule has 0 spiro atoms. The van der Waals surface area contributed by atoms with Gasteiger partial charge in [0.25, 0.3) is 0 Å². The fourth-order valence-electron chi connectivity index (χ4n) is 2.51. The highest BCUT2D eigenvalue weighted by Crippen LogP contribution is 2.26. The second-order valence-corrected chi connectivity index (χ2v) is 4.50. The van der Waals surface area contributed by atoms with Gasteiger partial charge in [0.05, 0.1) is 0 Å². The van der Waals surface area contributed by atoms with Crippen LogP contribution in [-0.2, 0) is 19.4 Å². The summed E-state index contributed by atoms with van der Waals surface area (Å²) in [6, 6.07) is 4.74. The van der Waals surface area contributed by atoms with E-state index in [1.54, 1.807) is 5.56 Å². The maximum atomic E-state index is 3.31. The van der Waals surface area contributed by atoms with Crippen molar-refractivity contribution in [2.45, 2.75) is 33.2 Å². The summed E-state index contributed by atoms with van der Waals surface area (Å²) in [4.78, 5) is 2.51. The summed E-state index contributed by atoms with van der Waals surface area (Å²) in [5.41, 5.74) is 5.82. The Hall–Kier alpha value is -1.02. The van der Waals surface area contributed by atoms with E-state index in [2.05, 4.69) is 36.2 Å². The van der Waals surface area contributed by atoms with Crippen LogP contribution in [0.4, 0.5) is 5.69 Å². The van der Waals surface area contributed by atoms with Crippen molar-refractivity contribution in [1.82, 2.24) is 4.90 Å². The lowest BCUT2D eigenvalue weighted by atomic mass is 9.95. The largest absolute Gasteiger partial charge is 0.388 e. The molecule has 0 atom stereocenters. The topological polar surface area (TPSA) is 15.3 Å². The zero-order valence-electron chi connectivity index (χ0n) is 10.6. The Labute approximate surface area is 98.7 Å². The van der Waals surface area contributed by atoms with Crippen molar-refractivity contribution in [3.8, 4) is 0 Å². The van der Waals surface area contributed by atoms with E-state index in [9.17, 15) is 0 Å². The molecule has 1 aliphatic rings. The molecule has 0 fully saturated rings. The molecule has 0 bridgehead atoms. The predicted molar refractivity (Wildman–Crippen MR) is 70.0 cm³/mol. The average molecular weight is 218 g/mol. The Bertz CT molecular complexity index is 371. The van der Waals surface area contributed by atoms with Crippen LogP contribution in [0.25, 0.3) is 0 Å². The molecule has 1 aliphatic heterocycles. The molecule has 0 saturated heterocycles. The second-order valence-electron chi connectivity index (χ2n) is 4.50.